The number of aryl methyl sites for hydroxylation is 1. The Balaban J connectivity index is 1.91. The van der Waals surface area contributed by atoms with Crippen LogP contribution in [0.2, 0.25) is 0 Å². The van der Waals surface area contributed by atoms with Crippen LogP contribution >= 0.6 is 0 Å². The van der Waals surface area contributed by atoms with Gasteiger partial charge in [0.15, 0.2) is 0 Å². The van der Waals surface area contributed by atoms with Gasteiger partial charge in [-0.25, -0.2) is 4.39 Å². The fourth-order valence-corrected chi connectivity index (χ4v) is 3.03. The molecule has 0 spiro atoms. The standard InChI is InChI=1S/C23H23FO/c1-3-5-6-7-18-8-9-20-16-19(12-15-22(20)23(18)24)17-10-13-21(14-11-17)25-4-2/h3,5,8-16H,4,6-7H2,1-2H3/b5-3+. The molecular weight excluding hydrogens is 311 g/mol. The van der Waals surface area contributed by atoms with E-state index in [0.717, 1.165) is 40.7 Å². The van der Waals surface area contributed by atoms with Gasteiger partial charge in [-0.3, -0.25) is 0 Å². The maximum Gasteiger partial charge on any atom is 0.134 e. The molecule has 0 aliphatic heterocycles. The number of ether oxygens (including phenoxy) is 1. The molecule has 0 heterocycles. The highest BCUT2D eigenvalue weighted by atomic mass is 19.1. The first-order chi connectivity index (χ1) is 12.2. The number of halogens is 1. The Kier molecular flexibility index (Phi) is 5.49. The van der Waals surface area contributed by atoms with E-state index in [2.05, 4.69) is 6.08 Å². The van der Waals surface area contributed by atoms with Gasteiger partial charge in [0.05, 0.1) is 6.61 Å². The zero-order valence-electron chi connectivity index (χ0n) is 14.8. The van der Waals surface area contributed by atoms with Crippen molar-refractivity contribution in [2.75, 3.05) is 6.61 Å². The monoisotopic (exact) mass is 334 g/mol. The summed E-state index contributed by atoms with van der Waals surface area (Å²) in [6.07, 6.45) is 5.66. The number of allylic oxidation sites excluding steroid dienone is 2. The smallest absolute Gasteiger partial charge is 0.134 e. The zero-order valence-corrected chi connectivity index (χ0v) is 14.8. The molecule has 0 radical (unpaired) electrons. The summed E-state index contributed by atoms with van der Waals surface area (Å²) in [4.78, 5) is 0. The third-order valence-electron chi connectivity index (χ3n) is 4.35. The molecule has 25 heavy (non-hydrogen) atoms. The Morgan fingerprint density at radius 3 is 2.44 bits per heavy atom. The number of benzene rings is 3. The average Bonchev–Trinajstić information content (AvgIpc) is 2.64. The molecule has 0 bridgehead atoms. The minimum atomic E-state index is -0.0970. The molecule has 0 aliphatic rings. The molecule has 0 saturated heterocycles. The van der Waals surface area contributed by atoms with Crippen LogP contribution in [-0.4, -0.2) is 6.61 Å². The summed E-state index contributed by atoms with van der Waals surface area (Å²) < 4.78 is 20.2. The topological polar surface area (TPSA) is 9.23 Å². The van der Waals surface area contributed by atoms with E-state index in [-0.39, 0.29) is 5.82 Å². The largest absolute Gasteiger partial charge is 0.494 e. The SMILES string of the molecule is C/C=C/CCc1ccc2cc(-c3ccc(OCC)cc3)ccc2c1F. The first-order valence-electron chi connectivity index (χ1n) is 8.78. The lowest BCUT2D eigenvalue weighted by atomic mass is 9.98. The summed E-state index contributed by atoms with van der Waals surface area (Å²) >= 11 is 0. The van der Waals surface area contributed by atoms with Gasteiger partial charge in [0.25, 0.3) is 0 Å². The lowest BCUT2D eigenvalue weighted by molar-refractivity contribution is 0.340. The summed E-state index contributed by atoms with van der Waals surface area (Å²) in [7, 11) is 0. The van der Waals surface area contributed by atoms with Crippen molar-refractivity contribution in [3.05, 3.63) is 78.1 Å². The molecule has 2 heteroatoms. The number of hydrogen-bond acceptors (Lipinski definition) is 1. The molecule has 3 aromatic rings. The van der Waals surface area contributed by atoms with Crippen LogP contribution < -0.4 is 4.74 Å². The summed E-state index contributed by atoms with van der Waals surface area (Å²) in [6.45, 7) is 4.61. The summed E-state index contributed by atoms with van der Waals surface area (Å²) in [5.41, 5.74) is 2.96. The molecule has 0 atom stereocenters. The summed E-state index contributed by atoms with van der Waals surface area (Å²) in [6, 6.07) is 17.8. The van der Waals surface area contributed by atoms with Gasteiger partial charge in [-0.1, -0.05) is 48.6 Å². The van der Waals surface area contributed by atoms with Crippen LogP contribution in [0.25, 0.3) is 21.9 Å². The molecule has 0 amide bonds. The lowest BCUT2D eigenvalue weighted by Gasteiger charge is -2.09. The highest BCUT2D eigenvalue weighted by molar-refractivity contribution is 5.88. The molecule has 0 saturated carbocycles. The Hall–Kier alpha value is -2.61. The molecule has 0 fully saturated rings. The predicted molar refractivity (Wildman–Crippen MR) is 104 cm³/mol. The van der Waals surface area contributed by atoms with E-state index in [0.29, 0.717) is 12.0 Å². The first kappa shape index (κ1) is 17.2. The molecule has 0 unspecified atom stereocenters. The van der Waals surface area contributed by atoms with Crippen molar-refractivity contribution in [2.24, 2.45) is 0 Å². The van der Waals surface area contributed by atoms with E-state index in [1.165, 1.54) is 0 Å². The Labute approximate surface area is 148 Å². The number of rotatable bonds is 6. The van der Waals surface area contributed by atoms with E-state index < -0.39 is 0 Å². The van der Waals surface area contributed by atoms with Crippen molar-refractivity contribution in [1.82, 2.24) is 0 Å². The Bertz CT molecular complexity index is 878. The van der Waals surface area contributed by atoms with Crippen LogP contribution in [0.3, 0.4) is 0 Å². The third-order valence-corrected chi connectivity index (χ3v) is 4.35. The second-order valence-corrected chi connectivity index (χ2v) is 6.04. The molecule has 1 nitrogen and oxygen atoms in total. The van der Waals surface area contributed by atoms with Crippen LogP contribution in [0.15, 0.2) is 66.7 Å². The van der Waals surface area contributed by atoms with Gasteiger partial charge in [0.1, 0.15) is 11.6 Å². The van der Waals surface area contributed by atoms with Gasteiger partial charge in [0, 0.05) is 5.39 Å². The van der Waals surface area contributed by atoms with Crippen LogP contribution in [0.5, 0.6) is 5.75 Å². The van der Waals surface area contributed by atoms with Crippen molar-refractivity contribution >= 4 is 10.8 Å². The van der Waals surface area contributed by atoms with Crippen LogP contribution in [0.1, 0.15) is 25.8 Å². The van der Waals surface area contributed by atoms with E-state index in [4.69, 9.17) is 4.74 Å². The first-order valence-corrected chi connectivity index (χ1v) is 8.78. The van der Waals surface area contributed by atoms with Crippen molar-refractivity contribution in [2.45, 2.75) is 26.7 Å². The predicted octanol–water partition coefficient (Wildman–Crippen LogP) is 6.55. The normalized spacial score (nSPS) is 11.3. The van der Waals surface area contributed by atoms with Gasteiger partial charge >= 0.3 is 0 Å². The van der Waals surface area contributed by atoms with Crippen molar-refractivity contribution in [3.63, 3.8) is 0 Å². The Morgan fingerprint density at radius 2 is 1.72 bits per heavy atom. The third kappa shape index (κ3) is 3.90. The number of fused-ring (bicyclic) bond motifs is 1. The van der Waals surface area contributed by atoms with Crippen molar-refractivity contribution in [1.29, 1.82) is 0 Å². The maximum absolute atomic E-state index is 14.7. The van der Waals surface area contributed by atoms with Crippen molar-refractivity contribution < 1.29 is 9.13 Å². The molecule has 128 valence electrons. The fourth-order valence-electron chi connectivity index (χ4n) is 3.03. The minimum absolute atomic E-state index is 0.0970. The molecule has 3 aromatic carbocycles. The second kappa shape index (κ2) is 7.98. The van der Waals surface area contributed by atoms with Gasteiger partial charge < -0.3 is 4.74 Å². The van der Waals surface area contributed by atoms with Gasteiger partial charge in [-0.15, -0.1) is 0 Å². The minimum Gasteiger partial charge on any atom is -0.494 e. The van der Waals surface area contributed by atoms with Crippen LogP contribution in [0.4, 0.5) is 4.39 Å². The molecular formula is C23H23FO. The highest BCUT2D eigenvalue weighted by Gasteiger charge is 2.08. The summed E-state index contributed by atoms with van der Waals surface area (Å²) in [5, 5.41) is 1.62. The highest BCUT2D eigenvalue weighted by Crippen LogP contribution is 2.29. The van der Waals surface area contributed by atoms with E-state index in [1.807, 2.05) is 74.5 Å². The van der Waals surface area contributed by atoms with E-state index >= 15 is 0 Å². The zero-order chi connectivity index (χ0) is 17.6. The second-order valence-electron chi connectivity index (χ2n) is 6.04. The van der Waals surface area contributed by atoms with Gasteiger partial charge in [-0.2, -0.15) is 0 Å². The molecule has 0 aromatic heterocycles. The Morgan fingerprint density at radius 1 is 0.960 bits per heavy atom. The fraction of sp³-hybridized carbons (Fsp3) is 0.217. The lowest BCUT2D eigenvalue weighted by Crippen LogP contribution is -1.92. The molecule has 0 aliphatic carbocycles. The van der Waals surface area contributed by atoms with Crippen LogP contribution in [0, 0.1) is 5.82 Å². The van der Waals surface area contributed by atoms with Crippen molar-refractivity contribution in [3.8, 4) is 16.9 Å². The average molecular weight is 334 g/mol. The van der Waals surface area contributed by atoms with E-state index in [9.17, 15) is 4.39 Å². The van der Waals surface area contributed by atoms with Gasteiger partial charge in [0.2, 0.25) is 0 Å². The number of hydrogen-bond donors (Lipinski definition) is 0. The summed E-state index contributed by atoms with van der Waals surface area (Å²) in [5.74, 6) is 0.768. The van der Waals surface area contributed by atoms with Gasteiger partial charge in [-0.05, 0) is 67.0 Å². The molecule has 3 rings (SSSR count). The maximum atomic E-state index is 14.7. The quantitative estimate of drug-likeness (QED) is 0.464. The van der Waals surface area contributed by atoms with Crippen LogP contribution in [-0.2, 0) is 6.42 Å². The van der Waals surface area contributed by atoms with E-state index in [1.54, 1.807) is 0 Å². The molecule has 0 N–H and O–H groups in total.